The monoisotopic (exact) mass is 249 g/mol. The van der Waals surface area contributed by atoms with Gasteiger partial charge in [-0.15, -0.1) is 0 Å². The summed E-state index contributed by atoms with van der Waals surface area (Å²) in [4.78, 5) is 0. The van der Waals surface area contributed by atoms with Gasteiger partial charge in [-0.25, -0.2) is 0 Å². The number of morpholine rings is 1. The van der Waals surface area contributed by atoms with Gasteiger partial charge in [0.2, 0.25) is 0 Å². The summed E-state index contributed by atoms with van der Waals surface area (Å²) in [7, 11) is 1.73. The summed E-state index contributed by atoms with van der Waals surface area (Å²) in [5, 5.41) is 3.52. The summed E-state index contributed by atoms with van der Waals surface area (Å²) < 4.78 is 11.1. The summed E-state index contributed by atoms with van der Waals surface area (Å²) in [6.07, 6.45) is 0.309. The van der Waals surface area contributed by atoms with Crippen LogP contribution in [0.1, 0.15) is 43.9 Å². The van der Waals surface area contributed by atoms with E-state index in [0.29, 0.717) is 18.1 Å². The first-order valence-corrected chi connectivity index (χ1v) is 6.64. The highest BCUT2D eigenvalue weighted by atomic mass is 16.5. The van der Waals surface area contributed by atoms with Crippen molar-refractivity contribution in [3.05, 3.63) is 29.3 Å². The minimum Gasteiger partial charge on any atom is -0.496 e. The maximum absolute atomic E-state index is 5.71. The van der Waals surface area contributed by atoms with Crippen LogP contribution in [0, 0.1) is 0 Å². The Labute approximate surface area is 109 Å². The predicted molar refractivity (Wildman–Crippen MR) is 73.2 cm³/mol. The van der Waals surface area contributed by atoms with Crippen LogP contribution in [0.3, 0.4) is 0 Å². The van der Waals surface area contributed by atoms with E-state index in [0.717, 1.165) is 18.9 Å². The maximum atomic E-state index is 5.71. The van der Waals surface area contributed by atoms with E-state index in [-0.39, 0.29) is 0 Å². The largest absolute Gasteiger partial charge is 0.496 e. The molecular weight excluding hydrogens is 226 g/mol. The Hall–Kier alpha value is -1.06. The fourth-order valence-electron chi connectivity index (χ4n) is 2.32. The second-order valence-electron chi connectivity index (χ2n) is 5.26. The van der Waals surface area contributed by atoms with E-state index in [2.05, 4.69) is 44.3 Å². The highest BCUT2D eigenvalue weighted by Crippen LogP contribution is 2.30. The standard InChI is InChI=1S/C15H23NO2/c1-10(2)13-7-12(5-6-15(13)17-4)14-9-18-11(3)8-16-14/h5-7,10-11,14,16H,8-9H2,1-4H3. The smallest absolute Gasteiger partial charge is 0.122 e. The molecule has 0 saturated carbocycles. The van der Waals surface area contributed by atoms with Crippen LogP contribution >= 0.6 is 0 Å². The zero-order chi connectivity index (χ0) is 13.1. The minimum absolute atomic E-state index is 0.296. The van der Waals surface area contributed by atoms with Crippen LogP contribution in [0.25, 0.3) is 0 Å². The first-order chi connectivity index (χ1) is 8.61. The van der Waals surface area contributed by atoms with Crippen molar-refractivity contribution in [1.29, 1.82) is 0 Å². The van der Waals surface area contributed by atoms with Gasteiger partial charge in [0, 0.05) is 6.54 Å². The van der Waals surface area contributed by atoms with Crippen LogP contribution in [0.5, 0.6) is 5.75 Å². The molecule has 0 radical (unpaired) electrons. The number of hydrogen-bond donors (Lipinski definition) is 1. The Morgan fingerprint density at radius 1 is 1.39 bits per heavy atom. The van der Waals surface area contributed by atoms with Crippen LogP contribution in [0.4, 0.5) is 0 Å². The highest BCUT2D eigenvalue weighted by molar-refractivity contribution is 5.40. The number of methoxy groups -OCH3 is 1. The molecule has 0 amide bonds. The summed E-state index contributed by atoms with van der Waals surface area (Å²) >= 11 is 0. The lowest BCUT2D eigenvalue weighted by Gasteiger charge is -2.29. The molecule has 0 bridgehead atoms. The molecule has 3 nitrogen and oxygen atoms in total. The molecule has 1 heterocycles. The molecule has 3 heteroatoms. The summed E-state index contributed by atoms with van der Waals surface area (Å²) in [5.74, 6) is 1.43. The van der Waals surface area contributed by atoms with Gasteiger partial charge in [-0.05, 0) is 30.0 Å². The van der Waals surface area contributed by atoms with Crippen molar-refractivity contribution < 1.29 is 9.47 Å². The third-order valence-electron chi connectivity index (χ3n) is 3.48. The molecule has 2 atom stereocenters. The van der Waals surface area contributed by atoms with Gasteiger partial charge < -0.3 is 14.8 Å². The summed E-state index contributed by atoms with van der Waals surface area (Å²) in [6.45, 7) is 8.12. The Bertz CT molecular complexity index is 395. The number of nitrogens with one attached hydrogen (secondary N) is 1. The van der Waals surface area contributed by atoms with E-state index < -0.39 is 0 Å². The van der Waals surface area contributed by atoms with Crippen LogP contribution < -0.4 is 10.1 Å². The molecule has 18 heavy (non-hydrogen) atoms. The average Bonchev–Trinajstić information content (AvgIpc) is 2.39. The lowest BCUT2D eigenvalue weighted by molar-refractivity contribution is 0.0149. The maximum Gasteiger partial charge on any atom is 0.122 e. The molecule has 1 aliphatic heterocycles. The second-order valence-corrected chi connectivity index (χ2v) is 5.26. The Morgan fingerprint density at radius 2 is 2.17 bits per heavy atom. The van der Waals surface area contributed by atoms with E-state index in [1.807, 2.05) is 0 Å². The highest BCUT2D eigenvalue weighted by Gasteiger charge is 2.20. The molecule has 1 aromatic carbocycles. The first kappa shape index (κ1) is 13.4. The Balaban J connectivity index is 2.21. The van der Waals surface area contributed by atoms with E-state index in [1.165, 1.54) is 11.1 Å². The third-order valence-corrected chi connectivity index (χ3v) is 3.48. The van der Waals surface area contributed by atoms with Crippen molar-refractivity contribution in [2.24, 2.45) is 0 Å². The van der Waals surface area contributed by atoms with E-state index in [9.17, 15) is 0 Å². The van der Waals surface area contributed by atoms with Gasteiger partial charge in [0.15, 0.2) is 0 Å². The van der Waals surface area contributed by atoms with Crippen LogP contribution in [0.15, 0.2) is 18.2 Å². The molecule has 1 aliphatic rings. The molecule has 100 valence electrons. The molecule has 2 unspecified atom stereocenters. The molecule has 2 rings (SSSR count). The van der Waals surface area contributed by atoms with Gasteiger partial charge in [0.1, 0.15) is 5.75 Å². The topological polar surface area (TPSA) is 30.5 Å². The van der Waals surface area contributed by atoms with Crippen molar-refractivity contribution in [2.45, 2.75) is 38.8 Å². The van der Waals surface area contributed by atoms with Crippen molar-refractivity contribution in [3.8, 4) is 5.75 Å². The van der Waals surface area contributed by atoms with Crippen LogP contribution in [0.2, 0.25) is 0 Å². The fraction of sp³-hybridized carbons (Fsp3) is 0.600. The molecule has 0 spiro atoms. The zero-order valence-corrected chi connectivity index (χ0v) is 11.7. The van der Waals surface area contributed by atoms with Gasteiger partial charge in [0.05, 0.1) is 25.9 Å². The number of rotatable bonds is 3. The van der Waals surface area contributed by atoms with Crippen molar-refractivity contribution in [3.63, 3.8) is 0 Å². The number of hydrogen-bond acceptors (Lipinski definition) is 3. The van der Waals surface area contributed by atoms with Crippen molar-refractivity contribution in [1.82, 2.24) is 5.32 Å². The van der Waals surface area contributed by atoms with Gasteiger partial charge in [-0.2, -0.15) is 0 Å². The third kappa shape index (κ3) is 2.85. The lowest BCUT2D eigenvalue weighted by atomic mass is 9.96. The molecule has 1 fully saturated rings. The lowest BCUT2D eigenvalue weighted by Crippen LogP contribution is -2.39. The van der Waals surface area contributed by atoms with Crippen molar-refractivity contribution >= 4 is 0 Å². The number of ether oxygens (including phenoxy) is 2. The first-order valence-electron chi connectivity index (χ1n) is 6.64. The van der Waals surface area contributed by atoms with Gasteiger partial charge in [-0.1, -0.05) is 26.0 Å². The molecule has 1 N–H and O–H groups in total. The minimum atomic E-state index is 0.296. The van der Waals surface area contributed by atoms with Gasteiger partial charge >= 0.3 is 0 Å². The molecule has 1 aromatic rings. The Morgan fingerprint density at radius 3 is 2.72 bits per heavy atom. The quantitative estimate of drug-likeness (QED) is 0.893. The van der Waals surface area contributed by atoms with E-state index in [1.54, 1.807) is 7.11 Å². The average molecular weight is 249 g/mol. The van der Waals surface area contributed by atoms with Gasteiger partial charge in [0.25, 0.3) is 0 Å². The Kier molecular flexibility index (Phi) is 4.25. The fourth-order valence-corrected chi connectivity index (χ4v) is 2.32. The predicted octanol–water partition coefficient (Wildman–Crippen LogP) is 2.87. The summed E-state index contributed by atoms with van der Waals surface area (Å²) in [5.41, 5.74) is 2.54. The molecule has 1 saturated heterocycles. The SMILES string of the molecule is COc1ccc(C2COC(C)CN2)cc1C(C)C. The number of benzene rings is 1. The normalized spacial score (nSPS) is 24.3. The molecule has 0 aromatic heterocycles. The van der Waals surface area contributed by atoms with Crippen molar-refractivity contribution in [2.75, 3.05) is 20.3 Å². The summed E-state index contributed by atoms with van der Waals surface area (Å²) in [6, 6.07) is 6.72. The van der Waals surface area contributed by atoms with Gasteiger partial charge in [-0.3, -0.25) is 0 Å². The zero-order valence-electron chi connectivity index (χ0n) is 11.7. The van der Waals surface area contributed by atoms with Crippen LogP contribution in [-0.2, 0) is 4.74 Å². The second kappa shape index (κ2) is 5.72. The van der Waals surface area contributed by atoms with E-state index >= 15 is 0 Å². The molecular formula is C15H23NO2. The molecule has 0 aliphatic carbocycles. The van der Waals surface area contributed by atoms with Crippen LogP contribution in [-0.4, -0.2) is 26.4 Å². The van der Waals surface area contributed by atoms with E-state index in [4.69, 9.17) is 9.47 Å².